The third-order valence-electron chi connectivity index (χ3n) is 2.77. The minimum absolute atomic E-state index is 0.0636. The molecular weight excluding hydrogens is 485 g/mol. The largest absolute Gasteiger partial charge is 0.466 e. The maximum absolute atomic E-state index is 5.64. The van der Waals surface area contributed by atoms with Crippen molar-refractivity contribution in [3.05, 3.63) is 54.4 Å². The molecule has 0 saturated heterocycles. The summed E-state index contributed by atoms with van der Waals surface area (Å²) < 4.78 is 8.94. The van der Waals surface area contributed by atoms with Gasteiger partial charge >= 0.3 is 0 Å². The Morgan fingerprint density at radius 2 is 2.11 bits per heavy atom. The van der Waals surface area contributed by atoms with Crippen molar-refractivity contribution < 1.29 is 4.42 Å². The fraction of sp³-hybridized carbons (Fsp3) is 0.286. The van der Waals surface area contributed by atoms with Crippen molar-refractivity contribution in [2.45, 2.75) is 19.4 Å². The molecule has 0 aliphatic heterocycles. The van der Waals surface area contributed by atoms with Gasteiger partial charge in [0.25, 0.3) is 0 Å². The molecule has 1 unspecified atom stereocenters. The molecule has 0 aliphatic rings. The van der Waals surface area contributed by atoms with Crippen LogP contribution in [0.4, 0.5) is 0 Å². The van der Waals surface area contributed by atoms with E-state index in [2.05, 4.69) is 84.9 Å². The van der Waals surface area contributed by atoms with Gasteiger partial charge in [0.15, 0.2) is 0 Å². The predicted molar refractivity (Wildman–Crippen MR) is 93.4 cm³/mol. The maximum atomic E-state index is 5.64. The third-order valence-corrected chi connectivity index (χ3v) is 4.91. The van der Waals surface area contributed by atoms with Gasteiger partial charge in [0.1, 0.15) is 5.76 Å². The Kier molecular flexibility index (Phi) is 5.92. The Hall–Kier alpha value is 0.150. The van der Waals surface area contributed by atoms with Crippen LogP contribution in [0.3, 0.4) is 0 Å². The highest BCUT2D eigenvalue weighted by atomic mass is 127. The van der Waals surface area contributed by atoms with Crippen LogP contribution in [0.5, 0.6) is 0 Å². The topological polar surface area (TPSA) is 25.2 Å². The zero-order chi connectivity index (χ0) is 13.8. The monoisotopic (exact) mass is 497 g/mol. The van der Waals surface area contributed by atoms with Gasteiger partial charge in [-0.1, -0.05) is 22.9 Å². The van der Waals surface area contributed by atoms with E-state index in [1.807, 2.05) is 6.07 Å². The van der Waals surface area contributed by atoms with E-state index in [0.29, 0.717) is 0 Å². The molecule has 1 N–H and O–H groups in total. The van der Waals surface area contributed by atoms with Gasteiger partial charge in [-0.3, -0.25) is 0 Å². The Morgan fingerprint density at radius 3 is 2.74 bits per heavy atom. The van der Waals surface area contributed by atoms with Crippen LogP contribution in [0.2, 0.25) is 0 Å². The lowest BCUT2D eigenvalue weighted by molar-refractivity contribution is 0.443. The lowest BCUT2D eigenvalue weighted by Crippen LogP contribution is -2.24. The van der Waals surface area contributed by atoms with Gasteiger partial charge in [-0.25, -0.2) is 0 Å². The number of halogens is 3. The Bertz CT molecular complexity index is 556. The molecule has 1 aromatic heterocycles. The normalized spacial score (nSPS) is 12.6. The molecule has 0 spiro atoms. The van der Waals surface area contributed by atoms with Crippen LogP contribution in [0.25, 0.3) is 0 Å². The lowest BCUT2D eigenvalue weighted by atomic mass is 10.0. The van der Waals surface area contributed by atoms with E-state index in [4.69, 9.17) is 4.42 Å². The summed E-state index contributed by atoms with van der Waals surface area (Å²) in [5, 5.41) is 3.55. The summed E-state index contributed by atoms with van der Waals surface area (Å²) >= 11 is 9.46. The molecule has 2 rings (SSSR count). The van der Waals surface area contributed by atoms with Gasteiger partial charge in [-0.15, -0.1) is 0 Å². The molecule has 5 heteroatoms. The number of hydrogen-bond acceptors (Lipinski definition) is 2. The number of hydrogen-bond donors (Lipinski definition) is 1. The van der Waals surface area contributed by atoms with Crippen molar-refractivity contribution in [1.29, 1.82) is 0 Å². The number of benzene rings is 1. The van der Waals surface area contributed by atoms with E-state index in [0.717, 1.165) is 27.7 Å². The molecular formula is C14H14Br2INO. The van der Waals surface area contributed by atoms with Crippen LogP contribution in [0.1, 0.15) is 30.7 Å². The summed E-state index contributed by atoms with van der Waals surface area (Å²) in [7, 11) is 0. The number of furan rings is 1. The van der Waals surface area contributed by atoms with Gasteiger partial charge in [0.05, 0.1) is 16.8 Å². The quantitative estimate of drug-likeness (QED) is 0.551. The van der Waals surface area contributed by atoms with Crippen molar-refractivity contribution in [2.24, 2.45) is 0 Å². The first-order valence-electron chi connectivity index (χ1n) is 6.04. The standard InChI is InChI=1S/C14H14Br2INO/c1-2-6-18-13(14-11(16)5-7-19-14)10-8-9(15)3-4-12(10)17/h3-5,7-8,13,18H,2,6H2,1H3. The van der Waals surface area contributed by atoms with E-state index >= 15 is 0 Å². The van der Waals surface area contributed by atoms with E-state index < -0.39 is 0 Å². The summed E-state index contributed by atoms with van der Waals surface area (Å²) in [6, 6.07) is 8.30. The minimum Gasteiger partial charge on any atom is -0.466 e. The second-order valence-electron chi connectivity index (χ2n) is 4.19. The average Bonchev–Trinajstić information content (AvgIpc) is 2.80. The molecule has 0 amide bonds. The molecule has 2 nitrogen and oxygen atoms in total. The summed E-state index contributed by atoms with van der Waals surface area (Å²) in [6.07, 6.45) is 2.80. The zero-order valence-electron chi connectivity index (χ0n) is 10.4. The number of rotatable bonds is 5. The fourth-order valence-corrected chi connectivity index (χ4v) is 3.34. The summed E-state index contributed by atoms with van der Waals surface area (Å²) in [5.74, 6) is 0.921. The van der Waals surface area contributed by atoms with Crippen molar-refractivity contribution in [3.8, 4) is 0 Å². The fourth-order valence-electron chi connectivity index (χ4n) is 1.88. The molecule has 2 aromatic rings. The maximum Gasteiger partial charge on any atom is 0.139 e. The lowest BCUT2D eigenvalue weighted by Gasteiger charge is -2.19. The third kappa shape index (κ3) is 3.83. The summed E-state index contributed by atoms with van der Waals surface area (Å²) in [5.41, 5.74) is 1.22. The molecule has 102 valence electrons. The molecule has 0 saturated carbocycles. The Labute approximate surface area is 143 Å². The van der Waals surface area contributed by atoms with Crippen molar-refractivity contribution >= 4 is 54.5 Å². The van der Waals surface area contributed by atoms with Crippen LogP contribution >= 0.6 is 54.5 Å². The van der Waals surface area contributed by atoms with E-state index in [9.17, 15) is 0 Å². The highest BCUT2D eigenvalue weighted by Gasteiger charge is 2.21. The Morgan fingerprint density at radius 1 is 1.32 bits per heavy atom. The highest BCUT2D eigenvalue weighted by Crippen LogP contribution is 2.33. The average molecular weight is 499 g/mol. The number of nitrogens with one attached hydrogen (secondary N) is 1. The van der Waals surface area contributed by atoms with Gasteiger partial charge in [0, 0.05) is 8.04 Å². The van der Waals surface area contributed by atoms with E-state index in [-0.39, 0.29) is 6.04 Å². The first-order valence-corrected chi connectivity index (χ1v) is 8.71. The second-order valence-corrected chi connectivity index (χ2v) is 7.12. The molecule has 0 aliphatic carbocycles. The zero-order valence-corrected chi connectivity index (χ0v) is 15.7. The van der Waals surface area contributed by atoms with E-state index in [1.54, 1.807) is 6.26 Å². The molecule has 0 fully saturated rings. The summed E-state index contributed by atoms with van der Waals surface area (Å²) in [6.45, 7) is 3.10. The SMILES string of the molecule is CCCNC(c1cc(Br)ccc1I)c1occc1Br. The van der Waals surface area contributed by atoms with Crippen LogP contribution in [-0.2, 0) is 0 Å². The van der Waals surface area contributed by atoms with Crippen molar-refractivity contribution in [1.82, 2.24) is 5.32 Å². The molecule has 1 aromatic carbocycles. The van der Waals surface area contributed by atoms with Crippen molar-refractivity contribution in [3.63, 3.8) is 0 Å². The predicted octanol–water partition coefficient (Wildman–Crippen LogP) is 5.50. The van der Waals surface area contributed by atoms with Crippen LogP contribution in [0.15, 0.2) is 43.9 Å². The van der Waals surface area contributed by atoms with E-state index in [1.165, 1.54) is 9.13 Å². The molecule has 19 heavy (non-hydrogen) atoms. The smallest absolute Gasteiger partial charge is 0.139 e. The Balaban J connectivity index is 2.42. The first-order chi connectivity index (χ1) is 9.13. The van der Waals surface area contributed by atoms with Crippen LogP contribution in [-0.4, -0.2) is 6.54 Å². The first kappa shape index (κ1) is 15.5. The molecule has 1 atom stereocenters. The molecule has 0 bridgehead atoms. The van der Waals surface area contributed by atoms with Crippen LogP contribution in [0, 0.1) is 3.57 Å². The van der Waals surface area contributed by atoms with Gasteiger partial charge in [-0.05, 0) is 81.3 Å². The van der Waals surface area contributed by atoms with Gasteiger partial charge < -0.3 is 9.73 Å². The molecule has 1 heterocycles. The van der Waals surface area contributed by atoms with Crippen molar-refractivity contribution in [2.75, 3.05) is 6.54 Å². The van der Waals surface area contributed by atoms with Gasteiger partial charge in [0.2, 0.25) is 0 Å². The highest BCUT2D eigenvalue weighted by molar-refractivity contribution is 14.1. The molecule has 0 radical (unpaired) electrons. The second kappa shape index (κ2) is 7.24. The van der Waals surface area contributed by atoms with Gasteiger partial charge in [-0.2, -0.15) is 0 Å². The minimum atomic E-state index is 0.0636. The summed E-state index contributed by atoms with van der Waals surface area (Å²) in [4.78, 5) is 0. The van der Waals surface area contributed by atoms with Crippen LogP contribution < -0.4 is 5.32 Å².